The van der Waals surface area contributed by atoms with Gasteiger partial charge in [0.2, 0.25) is 0 Å². The Hall–Kier alpha value is 3.00. The van der Waals surface area contributed by atoms with Gasteiger partial charge in [0.1, 0.15) is 0 Å². The summed E-state index contributed by atoms with van der Waals surface area (Å²) in [6.07, 6.45) is 0. The Morgan fingerprint density at radius 1 is 1.25 bits per heavy atom. The summed E-state index contributed by atoms with van der Waals surface area (Å²) in [7, 11) is 4.25. The van der Waals surface area contributed by atoms with Crippen molar-refractivity contribution in [2.75, 3.05) is 0 Å². The maximum atomic E-state index is 4.25. The molecule has 0 bridgehead atoms. The van der Waals surface area contributed by atoms with Crippen molar-refractivity contribution >= 4 is 8.65 Å². The van der Waals surface area contributed by atoms with E-state index in [1.165, 1.54) is 0 Å². The first-order chi connectivity index (χ1) is 1.00. The van der Waals surface area contributed by atoms with Crippen LogP contribution in [0.3, 0.4) is 0 Å². The van der Waals surface area contributed by atoms with Crippen LogP contribution in [0, 0.1) is 0 Å². The fraction of sp³-hybridized carbons (Fsp3) is 0. The molecule has 0 aliphatic heterocycles. The van der Waals surface area contributed by atoms with Crippen LogP contribution in [0.1, 0.15) is 0 Å². The Balaban J connectivity index is -0.00000000500. The fourth-order valence-electron chi connectivity index (χ4n) is 0. The van der Waals surface area contributed by atoms with Gasteiger partial charge in [0.25, 0.3) is 0 Å². The second-order valence-corrected chi connectivity index (χ2v) is 0. The zero-order valence-electron chi connectivity index (χ0n) is 2.53. The van der Waals surface area contributed by atoms with Gasteiger partial charge in [0.15, 0.2) is 0 Å². The molecule has 0 rings (SSSR count). The average Bonchev–Trinajstić information content (AvgIpc) is 1.00. The van der Waals surface area contributed by atoms with Gasteiger partial charge in [-0.3, -0.25) is 0 Å². The molecule has 0 unspecified atom stereocenters. The first-order valence-corrected chi connectivity index (χ1v) is 5.81. The van der Waals surface area contributed by atoms with Crippen LogP contribution in [0.15, 0.2) is 0 Å². The Kier molecular flexibility index (Phi) is 65.6. The SMILES string of the molecule is [Cd].[Hg].[S]=[Cd]. The van der Waals surface area contributed by atoms with Gasteiger partial charge in [-0.15, -0.1) is 0 Å². The second kappa shape index (κ2) is 16.7. The summed E-state index contributed by atoms with van der Waals surface area (Å²) in [5.41, 5.74) is 0. The summed E-state index contributed by atoms with van der Waals surface area (Å²) in [6, 6.07) is 0. The molecule has 0 N–H and O–H groups in total. The molecule has 4 heteroatoms. The van der Waals surface area contributed by atoms with E-state index < -0.39 is 0 Å². The summed E-state index contributed by atoms with van der Waals surface area (Å²) >= 11 is 0.733. The van der Waals surface area contributed by atoms with E-state index in [-0.39, 0.29) is 55.0 Å². The van der Waals surface area contributed by atoms with E-state index >= 15 is 0 Å². The van der Waals surface area contributed by atoms with Crippen LogP contribution in [-0.4, -0.2) is 0 Å². The van der Waals surface area contributed by atoms with Crippen LogP contribution in [0.4, 0.5) is 0 Å². The first-order valence-electron chi connectivity index (χ1n) is 0.289. The summed E-state index contributed by atoms with van der Waals surface area (Å²) in [5.74, 6) is 0. The van der Waals surface area contributed by atoms with Crippen molar-refractivity contribution in [3.05, 3.63) is 0 Å². The summed E-state index contributed by atoms with van der Waals surface area (Å²) in [6.45, 7) is 0. The van der Waals surface area contributed by atoms with E-state index in [4.69, 9.17) is 0 Å². The number of hydrogen-bond donors (Lipinski definition) is 0. The van der Waals surface area contributed by atoms with E-state index in [2.05, 4.69) is 8.65 Å². The quantitative estimate of drug-likeness (QED) is 0.482. The molecule has 0 aliphatic rings. The molecular formula is Cd2HgS. The fourth-order valence-corrected chi connectivity index (χ4v) is 0. The summed E-state index contributed by atoms with van der Waals surface area (Å²) < 4.78 is 0. The third-order valence-electron chi connectivity index (χ3n) is 0. The van der Waals surface area contributed by atoms with E-state index in [1.807, 2.05) is 0 Å². The van der Waals surface area contributed by atoms with E-state index in [0.717, 1.165) is 23.7 Å². The third kappa shape index (κ3) is 8.89. The molecule has 0 aromatic carbocycles. The van der Waals surface area contributed by atoms with Gasteiger partial charge in [-0.25, -0.2) is 0 Å². The summed E-state index contributed by atoms with van der Waals surface area (Å²) in [5, 5.41) is 0. The van der Waals surface area contributed by atoms with Crippen molar-refractivity contribution < 1.29 is 78.7 Å². The third-order valence-corrected chi connectivity index (χ3v) is 0. The summed E-state index contributed by atoms with van der Waals surface area (Å²) in [4.78, 5) is 0. The molecule has 0 fully saturated rings. The molecule has 4 heavy (non-hydrogen) atoms. The van der Waals surface area contributed by atoms with Crippen LogP contribution < -0.4 is 0 Å². The standard InChI is InChI=1S/2Cd.Hg.S. The van der Waals surface area contributed by atoms with Gasteiger partial charge >= 0.3 is 32.3 Å². The molecule has 0 aromatic heterocycles. The first kappa shape index (κ1) is 15.8. The Bertz CT molecular complexity index is 6.00. The minimum absolute atomic E-state index is 0. The van der Waals surface area contributed by atoms with Gasteiger partial charge in [-0.1, -0.05) is 0 Å². The predicted octanol–water partition coefficient (Wildman–Crippen LogP) is 0.641. The zero-order chi connectivity index (χ0) is 2.00. The normalized spacial score (nSPS) is 1.50. The van der Waals surface area contributed by atoms with Crippen molar-refractivity contribution in [3.8, 4) is 0 Å². The van der Waals surface area contributed by atoms with Crippen LogP contribution in [-0.2, 0) is 78.7 Å². The minimum atomic E-state index is 0. The molecule has 0 atom stereocenters. The molecule has 0 amide bonds. The predicted molar refractivity (Wildman–Crippen MR) is 7.59 cm³/mol. The maximum absolute atomic E-state index is 4.25. The van der Waals surface area contributed by atoms with Gasteiger partial charge in [-0.2, -0.15) is 0 Å². The molecule has 0 nitrogen and oxygen atoms in total. The van der Waals surface area contributed by atoms with Crippen LogP contribution in [0.2, 0.25) is 0 Å². The molecule has 0 aromatic rings. The van der Waals surface area contributed by atoms with Gasteiger partial charge in [0, 0.05) is 55.0 Å². The zero-order valence-corrected chi connectivity index (χ0v) is 16.9. The second-order valence-electron chi connectivity index (χ2n) is 0. The number of rotatable bonds is 0. The van der Waals surface area contributed by atoms with E-state index in [9.17, 15) is 0 Å². The van der Waals surface area contributed by atoms with Crippen LogP contribution >= 0.6 is 8.65 Å². The Morgan fingerprint density at radius 3 is 1.25 bits per heavy atom. The van der Waals surface area contributed by atoms with Crippen LogP contribution in [0.25, 0.3) is 0 Å². The Labute approximate surface area is 85.3 Å². The van der Waals surface area contributed by atoms with Gasteiger partial charge < -0.3 is 0 Å². The van der Waals surface area contributed by atoms with E-state index in [1.54, 1.807) is 0 Å². The van der Waals surface area contributed by atoms with Crippen molar-refractivity contribution in [1.82, 2.24) is 0 Å². The molecule has 0 aliphatic carbocycles. The van der Waals surface area contributed by atoms with Crippen molar-refractivity contribution in [2.45, 2.75) is 0 Å². The van der Waals surface area contributed by atoms with Crippen molar-refractivity contribution in [3.63, 3.8) is 0 Å². The van der Waals surface area contributed by atoms with Crippen molar-refractivity contribution in [1.29, 1.82) is 0 Å². The monoisotopic (exact) mass is 462 g/mol. The molecule has 0 radical (unpaired) electrons. The molecular weight excluding hydrogens is 457 g/mol. The van der Waals surface area contributed by atoms with Crippen molar-refractivity contribution in [2.24, 2.45) is 0 Å². The molecule has 0 heterocycles. The van der Waals surface area contributed by atoms with Crippen LogP contribution in [0.5, 0.6) is 0 Å². The average molecular weight is 457 g/mol. The molecule has 12 valence electrons. The molecule has 0 saturated heterocycles. The van der Waals surface area contributed by atoms with E-state index in [0.29, 0.717) is 0 Å². The topological polar surface area (TPSA) is 0 Å². The molecule has 0 saturated carbocycles. The molecule has 0 spiro atoms. The number of hydrogen-bond acceptors (Lipinski definition) is 1. The van der Waals surface area contributed by atoms with Gasteiger partial charge in [-0.05, 0) is 0 Å². The Morgan fingerprint density at radius 2 is 1.25 bits per heavy atom. The van der Waals surface area contributed by atoms with Gasteiger partial charge in [0.05, 0.1) is 0 Å².